The van der Waals surface area contributed by atoms with E-state index in [0.717, 1.165) is 16.6 Å². The van der Waals surface area contributed by atoms with E-state index in [-0.39, 0.29) is 18.1 Å². The molecule has 1 amide bonds. The molecule has 0 bridgehead atoms. The Kier molecular flexibility index (Phi) is 3.93. The minimum Gasteiger partial charge on any atom is -0.512 e. The first-order chi connectivity index (χ1) is 12.2. The molecule has 6 nitrogen and oxygen atoms in total. The van der Waals surface area contributed by atoms with Crippen LogP contribution in [0.3, 0.4) is 0 Å². The summed E-state index contributed by atoms with van der Waals surface area (Å²) in [4.78, 5) is 20.9. The third kappa shape index (κ3) is 2.98. The number of hydrogen-bond donors (Lipinski definition) is 2. The Morgan fingerprint density at radius 3 is 2.84 bits per heavy atom. The number of nitrogens with zero attached hydrogens (tertiary/aromatic N) is 3. The molecule has 25 heavy (non-hydrogen) atoms. The molecule has 0 aliphatic carbocycles. The Labute approximate surface area is 144 Å². The number of pyridine rings is 1. The third-order valence-electron chi connectivity index (χ3n) is 4.42. The molecule has 126 valence electrons. The van der Waals surface area contributed by atoms with Crippen LogP contribution in [0.1, 0.15) is 24.2 Å². The molecule has 6 heteroatoms. The molecule has 3 aromatic rings. The van der Waals surface area contributed by atoms with Gasteiger partial charge in [-0.15, -0.1) is 0 Å². The zero-order valence-corrected chi connectivity index (χ0v) is 13.6. The number of rotatable bonds is 4. The minimum atomic E-state index is -0.140. The number of hydrogen-bond acceptors (Lipinski definition) is 4. The Morgan fingerprint density at radius 2 is 2.00 bits per heavy atom. The number of aromatic nitrogens is 3. The smallest absolute Gasteiger partial charge is 0.224 e. The van der Waals surface area contributed by atoms with Crippen LogP contribution >= 0.6 is 0 Å². The van der Waals surface area contributed by atoms with Gasteiger partial charge in [0.1, 0.15) is 11.6 Å². The predicted molar refractivity (Wildman–Crippen MR) is 94.6 cm³/mol. The molecule has 0 saturated carbocycles. The van der Waals surface area contributed by atoms with Gasteiger partial charge in [0, 0.05) is 37.5 Å². The molecular weight excluding hydrogens is 316 g/mol. The zero-order valence-electron chi connectivity index (χ0n) is 13.6. The summed E-state index contributed by atoms with van der Waals surface area (Å²) < 4.78 is 2.07. The number of imidazole rings is 1. The highest BCUT2D eigenvalue weighted by molar-refractivity contribution is 5.90. The van der Waals surface area contributed by atoms with Gasteiger partial charge in [0.15, 0.2) is 0 Å². The first-order valence-electron chi connectivity index (χ1n) is 8.24. The number of aliphatic hydroxyl groups excluding tert-OH is 1. The van der Waals surface area contributed by atoms with E-state index in [2.05, 4.69) is 19.9 Å². The number of allylic oxidation sites excluding steroid dienone is 1. The number of para-hydroxylation sites is 2. The third-order valence-corrected chi connectivity index (χ3v) is 4.42. The van der Waals surface area contributed by atoms with E-state index in [4.69, 9.17) is 0 Å². The van der Waals surface area contributed by atoms with Gasteiger partial charge in [-0.1, -0.05) is 12.1 Å². The molecule has 0 unspecified atom stereocenters. The van der Waals surface area contributed by atoms with Crippen LogP contribution in [0.25, 0.3) is 16.6 Å². The summed E-state index contributed by atoms with van der Waals surface area (Å²) >= 11 is 0. The number of aliphatic hydroxyl groups is 1. The second-order valence-electron chi connectivity index (χ2n) is 6.06. The molecule has 0 saturated heterocycles. The Bertz CT molecular complexity index is 960. The molecule has 3 heterocycles. The largest absolute Gasteiger partial charge is 0.512 e. The van der Waals surface area contributed by atoms with Gasteiger partial charge >= 0.3 is 0 Å². The summed E-state index contributed by atoms with van der Waals surface area (Å²) in [5.41, 5.74) is 3.49. The topological polar surface area (TPSA) is 80.0 Å². The molecule has 0 spiro atoms. The summed E-state index contributed by atoms with van der Waals surface area (Å²) in [6, 6.07) is 11.6. The number of amides is 1. The van der Waals surface area contributed by atoms with E-state index in [0.29, 0.717) is 30.9 Å². The van der Waals surface area contributed by atoms with Gasteiger partial charge in [-0.3, -0.25) is 9.78 Å². The molecule has 4 rings (SSSR count). The van der Waals surface area contributed by atoms with Crippen molar-refractivity contribution in [2.24, 2.45) is 0 Å². The molecule has 1 aliphatic heterocycles. The first kappa shape index (κ1) is 15.4. The fourth-order valence-electron chi connectivity index (χ4n) is 3.14. The Hall–Kier alpha value is -3.15. The average molecular weight is 334 g/mol. The molecule has 0 atom stereocenters. The van der Waals surface area contributed by atoms with Crippen molar-refractivity contribution in [3.8, 4) is 0 Å². The van der Waals surface area contributed by atoms with E-state index < -0.39 is 0 Å². The van der Waals surface area contributed by atoms with Crippen molar-refractivity contribution in [1.82, 2.24) is 19.9 Å². The van der Waals surface area contributed by atoms with Gasteiger partial charge in [0.25, 0.3) is 0 Å². The van der Waals surface area contributed by atoms with Gasteiger partial charge < -0.3 is 15.0 Å². The summed E-state index contributed by atoms with van der Waals surface area (Å²) in [6.07, 6.45) is 4.01. The number of carbonyl (C=O) groups is 1. The predicted octanol–water partition coefficient (Wildman–Crippen LogP) is 2.81. The van der Waals surface area contributed by atoms with E-state index in [9.17, 15) is 9.90 Å². The van der Waals surface area contributed by atoms with Crippen molar-refractivity contribution in [2.75, 3.05) is 0 Å². The fourth-order valence-corrected chi connectivity index (χ4v) is 3.14. The fraction of sp³-hybridized carbons (Fsp3) is 0.211. The quantitative estimate of drug-likeness (QED) is 0.769. The maximum atomic E-state index is 12.3. The highest BCUT2D eigenvalue weighted by Crippen LogP contribution is 2.31. The van der Waals surface area contributed by atoms with E-state index in [1.54, 1.807) is 12.4 Å². The zero-order chi connectivity index (χ0) is 17.2. The Morgan fingerprint density at radius 1 is 1.20 bits per heavy atom. The molecular formula is C19H18N4O2. The maximum Gasteiger partial charge on any atom is 0.224 e. The molecule has 1 aliphatic rings. The van der Waals surface area contributed by atoms with Gasteiger partial charge in [-0.25, -0.2) is 4.98 Å². The van der Waals surface area contributed by atoms with E-state index in [1.807, 2.05) is 36.4 Å². The number of nitrogens with one attached hydrogen (secondary N) is 1. The van der Waals surface area contributed by atoms with Crippen LogP contribution in [0, 0.1) is 0 Å². The second kappa shape index (κ2) is 6.39. The maximum absolute atomic E-state index is 12.3. The van der Waals surface area contributed by atoms with Crippen molar-refractivity contribution in [3.05, 3.63) is 65.9 Å². The van der Waals surface area contributed by atoms with Gasteiger partial charge in [-0.2, -0.15) is 0 Å². The van der Waals surface area contributed by atoms with Gasteiger partial charge in [0.05, 0.1) is 17.5 Å². The van der Waals surface area contributed by atoms with Crippen LogP contribution < -0.4 is 5.32 Å². The van der Waals surface area contributed by atoms with Crippen molar-refractivity contribution < 1.29 is 9.90 Å². The van der Waals surface area contributed by atoms with Crippen LogP contribution in [0.5, 0.6) is 0 Å². The Balaban J connectivity index is 1.55. The van der Waals surface area contributed by atoms with Crippen molar-refractivity contribution in [3.63, 3.8) is 0 Å². The first-order valence-corrected chi connectivity index (χ1v) is 8.24. The lowest BCUT2D eigenvalue weighted by Gasteiger charge is -2.19. The summed E-state index contributed by atoms with van der Waals surface area (Å²) in [6.45, 7) is 1.11. The minimum absolute atomic E-state index is 0.111. The van der Waals surface area contributed by atoms with Crippen LogP contribution in [0.15, 0.2) is 54.6 Å². The normalized spacial score (nSPS) is 13.8. The monoisotopic (exact) mass is 334 g/mol. The number of benzene rings is 1. The number of carbonyl (C=O) groups excluding carboxylic acids is 1. The standard InChI is InChI=1S/C19H18N4O2/c24-17-7-10-23-16-4-2-1-3-15(16)22-19(23)14(17)11-18(25)21-12-13-5-8-20-9-6-13/h1-6,8-9,24H,7,10-12H2,(H,21,25). The molecule has 0 fully saturated rings. The van der Waals surface area contributed by atoms with Crippen LogP contribution in [0.2, 0.25) is 0 Å². The molecule has 1 aromatic carbocycles. The lowest BCUT2D eigenvalue weighted by molar-refractivity contribution is -0.120. The lowest BCUT2D eigenvalue weighted by Crippen LogP contribution is -2.24. The molecule has 0 radical (unpaired) electrons. The summed E-state index contributed by atoms with van der Waals surface area (Å²) in [5.74, 6) is 0.796. The average Bonchev–Trinajstić information content (AvgIpc) is 3.02. The van der Waals surface area contributed by atoms with E-state index in [1.165, 1.54) is 0 Å². The number of fused-ring (bicyclic) bond motifs is 3. The second-order valence-corrected chi connectivity index (χ2v) is 6.06. The summed E-state index contributed by atoms with van der Waals surface area (Å²) in [7, 11) is 0. The van der Waals surface area contributed by atoms with E-state index >= 15 is 0 Å². The number of aryl methyl sites for hydroxylation is 1. The van der Waals surface area contributed by atoms with Gasteiger partial charge in [0.2, 0.25) is 5.91 Å². The highest BCUT2D eigenvalue weighted by Gasteiger charge is 2.24. The molecule has 2 aromatic heterocycles. The summed E-state index contributed by atoms with van der Waals surface area (Å²) in [5, 5.41) is 13.2. The SMILES string of the molecule is O=C(CC1=C(O)CCn2c1nc1ccccc12)NCc1ccncc1. The lowest BCUT2D eigenvalue weighted by atomic mass is 10.0. The van der Waals surface area contributed by atoms with Gasteiger partial charge in [-0.05, 0) is 29.8 Å². The van der Waals surface area contributed by atoms with Crippen LogP contribution in [-0.2, 0) is 17.9 Å². The van der Waals surface area contributed by atoms with Crippen molar-refractivity contribution in [1.29, 1.82) is 0 Å². The van der Waals surface area contributed by atoms with Crippen LogP contribution in [0.4, 0.5) is 0 Å². The van der Waals surface area contributed by atoms with Crippen LogP contribution in [-0.4, -0.2) is 25.5 Å². The van der Waals surface area contributed by atoms with Crippen molar-refractivity contribution >= 4 is 22.5 Å². The highest BCUT2D eigenvalue weighted by atomic mass is 16.3. The molecule has 2 N–H and O–H groups in total. The van der Waals surface area contributed by atoms with Crippen molar-refractivity contribution in [2.45, 2.75) is 25.9 Å².